The average molecular weight is 448 g/mol. The van der Waals surface area contributed by atoms with Crippen molar-refractivity contribution in [2.24, 2.45) is 5.92 Å². The molecule has 0 saturated carbocycles. The van der Waals surface area contributed by atoms with Crippen molar-refractivity contribution in [2.75, 3.05) is 6.54 Å². The van der Waals surface area contributed by atoms with Gasteiger partial charge in [-0.25, -0.2) is 9.07 Å². The number of benzene rings is 1. The van der Waals surface area contributed by atoms with Crippen LogP contribution in [0.5, 0.6) is 5.88 Å². The van der Waals surface area contributed by atoms with Crippen LogP contribution in [0.3, 0.4) is 0 Å². The molecule has 0 fully saturated rings. The zero-order valence-electron chi connectivity index (χ0n) is 18.9. The van der Waals surface area contributed by atoms with E-state index in [1.54, 1.807) is 35.2 Å². The number of pyridine rings is 1. The Bertz CT molecular complexity index is 1240. The summed E-state index contributed by atoms with van der Waals surface area (Å²) in [4.78, 5) is 28.1. The van der Waals surface area contributed by atoms with Gasteiger partial charge >= 0.3 is 5.91 Å². The molecule has 2 amide bonds. The van der Waals surface area contributed by atoms with Crippen molar-refractivity contribution in [3.63, 3.8) is 0 Å². The predicted octanol–water partition coefficient (Wildman–Crippen LogP) is 2.89. The minimum atomic E-state index is -0.526. The molecule has 0 radical (unpaired) electrons. The van der Waals surface area contributed by atoms with Crippen LogP contribution in [0, 0.1) is 11.7 Å². The van der Waals surface area contributed by atoms with E-state index in [9.17, 15) is 19.1 Å². The highest BCUT2D eigenvalue weighted by Crippen LogP contribution is 2.39. The lowest BCUT2D eigenvalue weighted by Gasteiger charge is -2.17. The molecule has 0 saturated heterocycles. The summed E-state index contributed by atoms with van der Waals surface area (Å²) in [5.74, 6) is -2.08. The second kappa shape index (κ2) is 8.61. The van der Waals surface area contributed by atoms with Gasteiger partial charge in [0.1, 0.15) is 11.4 Å². The summed E-state index contributed by atoms with van der Waals surface area (Å²) in [5, 5.41) is 18.1. The Hall–Kier alpha value is -3.81. The van der Waals surface area contributed by atoms with Gasteiger partial charge in [0.15, 0.2) is 12.4 Å². The maximum atomic E-state index is 13.6. The molecule has 0 atom stereocenters. The fraction of sp³-hybridized carbons (Fsp3) is 0.280. The SMILES string of the molecule is CC(C)CN1C(=O)C(c2c(C(C)C)nn(-c3ccc(F)cc3)c2[O-])=C([n+]2ccccc2)C1=O. The highest BCUT2D eigenvalue weighted by atomic mass is 19.1. The van der Waals surface area contributed by atoms with Crippen molar-refractivity contribution in [3.8, 4) is 11.6 Å². The molecule has 8 heteroatoms. The van der Waals surface area contributed by atoms with Crippen molar-refractivity contribution in [2.45, 2.75) is 33.6 Å². The molecule has 170 valence electrons. The van der Waals surface area contributed by atoms with Gasteiger partial charge in [0.05, 0.1) is 11.4 Å². The van der Waals surface area contributed by atoms with Gasteiger partial charge in [-0.3, -0.25) is 14.5 Å². The molecule has 7 nitrogen and oxygen atoms in total. The molecule has 0 unspecified atom stereocenters. The Kier molecular flexibility index (Phi) is 5.84. The van der Waals surface area contributed by atoms with Gasteiger partial charge in [-0.05, 0) is 42.0 Å². The van der Waals surface area contributed by atoms with E-state index < -0.39 is 23.5 Å². The third-order valence-corrected chi connectivity index (χ3v) is 5.40. The standard InChI is InChI=1S/C25H25FN4O3/c1-15(2)14-29-23(31)20(22(25(29)33)28-12-6-5-7-13-28)19-21(16(3)4)27-30(24(19)32)18-10-8-17(26)9-11-18/h5-13,15-16H,14H2,1-4H3. The first-order valence-corrected chi connectivity index (χ1v) is 10.8. The lowest BCUT2D eigenvalue weighted by atomic mass is 9.98. The Morgan fingerprint density at radius 1 is 1.00 bits per heavy atom. The van der Waals surface area contributed by atoms with E-state index in [1.165, 1.54) is 29.2 Å². The molecule has 1 aliphatic heterocycles. The van der Waals surface area contributed by atoms with Crippen LogP contribution in [-0.4, -0.2) is 33.0 Å². The summed E-state index contributed by atoms with van der Waals surface area (Å²) in [6, 6.07) is 10.7. The van der Waals surface area contributed by atoms with Crippen LogP contribution in [0.25, 0.3) is 17.0 Å². The molecule has 4 rings (SSSR count). The van der Waals surface area contributed by atoms with E-state index >= 15 is 0 Å². The van der Waals surface area contributed by atoms with Gasteiger partial charge in [0.25, 0.3) is 11.6 Å². The number of carbonyl (C=O) groups is 2. The molecule has 1 aliphatic rings. The van der Waals surface area contributed by atoms with Crippen LogP contribution in [0.15, 0.2) is 54.9 Å². The topological polar surface area (TPSA) is 82.1 Å². The van der Waals surface area contributed by atoms with E-state index in [4.69, 9.17) is 0 Å². The molecule has 2 aromatic heterocycles. The first kappa shape index (κ1) is 22.4. The molecule has 33 heavy (non-hydrogen) atoms. The Balaban J connectivity index is 1.99. The number of nitrogens with zero attached hydrogens (tertiary/aromatic N) is 4. The third-order valence-electron chi connectivity index (χ3n) is 5.40. The van der Waals surface area contributed by atoms with Gasteiger partial charge in [-0.1, -0.05) is 33.8 Å². The van der Waals surface area contributed by atoms with Crippen molar-refractivity contribution in [1.29, 1.82) is 0 Å². The molecule has 3 aromatic rings. The smallest absolute Gasteiger partial charge is 0.326 e. The third kappa shape index (κ3) is 3.92. The summed E-state index contributed by atoms with van der Waals surface area (Å²) in [6.45, 7) is 7.79. The fourth-order valence-corrected chi connectivity index (χ4v) is 3.92. The normalized spacial score (nSPS) is 14.3. The lowest BCUT2D eigenvalue weighted by Crippen LogP contribution is -2.40. The second-order valence-electron chi connectivity index (χ2n) is 8.73. The number of hydrogen-bond acceptors (Lipinski definition) is 4. The van der Waals surface area contributed by atoms with Gasteiger partial charge in [0.2, 0.25) is 0 Å². The van der Waals surface area contributed by atoms with Gasteiger partial charge in [0, 0.05) is 24.2 Å². The quantitative estimate of drug-likeness (QED) is 0.429. The Labute approximate surface area is 191 Å². The summed E-state index contributed by atoms with van der Waals surface area (Å²) in [5.41, 5.74) is 1.05. The largest absolute Gasteiger partial charge is 0.858 e. The number of imide groups is 1. The highest BCUT2D eigenvalue weighted by Gasteiger charge is 2.46. The van der Waals surface area contributed by atoms with Crippen LogP contribution in [0.1, 0.15) is 44.9 Å². The van der Waals surface area contributed by atoms with Crippen LogP contribution >= 0.6 is 0 Å². The second-order valence-corrected chi connectivity index (χ2v) is 8.73. The molecule has 3 heterocycles. The zero-order valence-corrected chi connectivity index (χ0v) is 18.9. The van der Waals surface area contributed by atoms with E-state index in [-0.39, 0.29) is 35.2 Å². The van der Waals surface area contributed by atoms with Crippen LogP contribution in [-0.2, 0) is 9.59 Å². The first-order chi connectivity index (χ1) is 15.7. The summed E-state index contributed by atoms with van der Waals surface area (Å²) in [6.07, 6.45) is 3.34. The zero-order chi connectivity index (χ0) is 23.9. The maximum Gasteiger partial charge on any atom is 0.326 e. The Morgan fingerprint density at radius 3 is 2.21 bits per heavy atom. The van der Waals surface area contributed by atoms with E-state index in [0.717, 1.165) is 4.68 Å². The summed E-state index contributed by atoms with van der Waals surface area (Å²) < 4.78 is 16.2. The molecule has 0 bridgehead atoms. The first-order valence-electron chi connectivity index (χ1n) is 10.8. The number of amides is 2. The average Bonchev–Trinajstić information content (AvgIpc) is 3.23. The Morgan fingerprint density at radius 2 is 1.64 bits per heavy atom. The predicted molar refractivity (Wildman–Crippen MR) is 118 cm³/mol. The molecule has 0 spiro atoms. The lowest BCUT2D eigenvalue weighted by molar-refractivity contribution is -0.576. The highest BCUT2D eigenvalue weighted by molar-refractivity contribution is 6.44. The fourth-order valence-electron chi connectivity index (χ4n) is 3.92. The van der Waals surface area contributed by atoms with E-state index in [0.29, 0.717) is 11.4 Å². The minimum Gasteiger partial charge on any atom is -0.858 e. The number of aromatic nitrogens is 3. The minimum absolute atomic E-state index is 0.0407. The molecular formula is C25H25FN4O3. The van der Waals surface area contributed by atoms with Crippen molar-refractivity contribution in [1.82, 2.24) is 14.7 Å². The number of halogens is 1. The molecule has 0 N–H and O–H groups in total. The number of carbonyl (C=O) groups excluding carboxylic acids is 2. The van der Waals surface area contributed by atoms with Crippen molar-refractivity contribution >= 4 is 23.1 Å². The van der Waals surface area contributed by atoms with Gasteiger partial charge in [-0.2, -0.15) is 9.67 Å². The summed E-state index contributed by atoms with van der Waals surface area (Å²) in [7, 11) is 0. The molecule has 0 aliphatic carbocycles. The van der Waals surface area contributed by atoms with Crippen LogP contribution in [0.4, 0.5) is 4.39 Å². The van der Waals surface area contributed by atoms with Crippen molar-refractivity contribution in [3.05, 3.63) is 71.9 Å². The van der Waals surface area contributed by atoms with Crippen molar-refractivity contribution < 1.29 is 23.7 Å². The van der Waals surface area contributed by atoms with E-state index in [1.807, 2.05) is 27.7 Å². The molecular weight excluding hydrogens is 423 g/mol. The van der Waals surface area contributed by atoms with Crippen LogP contribution < -0.4 is 9.67 Å². The summed E-state index contributed by atoms with van der Waals surface area (Å²) >= 11 is 0. The van der Waals surface area contributed by atoms with Gasteiger partial charge in [-0.15, -0.1) is 0 Å². The van der Waals surface area contributed by atoms with Gasteiger partial charge < -0.3 is 5.11 Å². The van der Waals surface area contributed by atoms with Crippen LogP contribution in [0.2, 0.25) is 0 Å². The number of hydrogen-bond donors (Lipinski definition) is 0. The monoisotopic (exact) mass is 448 g/mol. The maximum absolute atomic E-state index is 13.6. The molecule has 1 aromatic carbocycles. The number of rotatable bonds is 6. The van der Waals surface area contributed by atoms with E-state index in [2.05, 4.69) is 5.10 Å².